The van der Waals surface area contributed by atoms with Gasteiger partial charge in [0, 0.05) is 38.0 Å². The highest BCUT2D eigenvalue weighted by atomic mass is 32.1. The van der Waals surface area contributed by atoms with Gasteiger partial charge in [0.05, 0.1) is 18.8 Å². The zero-order chi connectivity index (χ0) is 20.6. The Labute approximate surface area is 181 Å². The molecule has 1 aliphatic carbocycles. The fraction of sp³-hybridized carbons (Fsp3) is 0.500. The van der Waals surface area contributed by atoms with E-state index in [9.17, 15) is 9.59 Å². The number of piperidine rings is 1. The second-order valence-corrected chi connectivity index (χ2v) is 9.55. The highest BCUT2D eigenvalue weighted by Gasteiger charge is 2.46. The summed E-state index contributed by atoms with van der Waals surface area (Å²) in [5, 5.41) is 3.90. The predicted molar refractivity (Wildman–Crippen MR) is 117 cm³/mol. The molecule has 2 saturated heterocycles. The number of fused-ring (bicyclic) bond motifs is 2. The van der Waals surface area contributed by atoms with Crippen LogP contribution in [0.4, 0.5) is 0 Å². The van der Waals surface area contributed by atoms with E-state index < -0.39 is 0 Å². The van der Waals surface area contributed by atoms with Crippen molar-refractivity contribution in [2.45, 2.75) is 37.0 Å². The summed E-state index contributed by atoms with van der Waals surface area (Å²) < 4.78 is 5.40. The molecule has 3 aliphatic rings. The lowest BCUT2D eigenvalue weighted by Crippen LogP contribution is -2.44. The van der Waals surface area contributed by atoms with Gasteiger partial charge in [-0.15, -0.1) is 0 Å². The normalized spacial score (nSPS) is 22.9. The number of likely N-dealkylation sites (tertiary alicyclic amines) is 1. The molecule has 0 saturated carbocycles. The van der Waals surface area contributed by atoms with Crippen molar-refractivity contribution in [3.63, 3.8) is 0 Å². The van der Waals surface area contributed by atoms with E-state index in [0.717, 1.165) is 37.9 Å². The van der Waals surface area contributed by atoms with Gasteiger partial charge in [-0.3, -0.25) is 9.59 Å². The molecule has 5 rings (SSSR count). The number of hydrogen-bond acceptors (Lipinski definition) is 4. The third kappa shape index (κ3) is 3.56. The number of amides is 2. The van der Waals surface area contributed by atoms with E-state index in [1.165, 1.54) is 11.1 Å². The number of nitrogens with zero attached hydrogens (tertiary/aromatic N) is 2. The van der Waals surface area contributed by atoms with Gasteiger partial charge in [-0.2, -0.15) is 11.3 Å². The number of hydrogen-bond donors (Lipinski definition) is 0. The lowest BCUT2D eigenvalue weighted by Gasteiger charge is -2.40. The smallest absolute Gasteiger partial charge is 0.254 e. The highest BCUT2D eigenvalue weighted by Crippen LogP contribution is 2.52. The first-order valence-corrected chi connectivity index (χ1v) is 11.9. The summed E-state index contributed by atoms with van der Waals surface area (Å²) in [4.78, 5) is 29.7. The highest BCUT2D eigenvalue weighted by molar-refractivity contribution is 7.08. The molecule has 0 N–H and O–H groups in total. The van der Waals surface area contributed by atoms with Crippen molar-refractivity contribution in [1.82, 2.24) is 9.80 Å². The van der Waals surface area contributed by atoms with Crippen LogP contribution in [0.15, 0.2) is 41.1 Å². The van der Waals surface area contributed by atoms with Crippen LogP contribution in [0.25, 0.3) is 0 Å². The number of rotatable bonds is 3. The number of carbonyl (C=O) groups excluding carboxylic acids is 2. The molecule has 158 valence electrons. The number of carbonyl (C=O) groups is 2. The maximum absolute atomic E-state index is 12.9. The first-order valence-electron chi connectivity index (χ1n) is 10.9. The van der Waals surface area contributed by atoms with Crippen LogP contribution in [0.1, 0.15) is 53.1 Å². The minimum Gasteiger partial charge on any atom is -0.378 e. The second-order valence-electron chi connectivity index (χ2n) is 8.77. The topological polar surface area (TPSA) is 49.9 Å². The Morgan fingerprint density at radius 1 is 1.03 bits per heavy atom. The molecule has 2 aromatic rings. The van der Waals surface area contributed by atoms with E-state index in [-0.39, 0.29) is 23.1 Å². The van der Waals surface area contributed by atoms with Gasteiger partial charge in [-0.25, -0.2) is 0 Å². The van der Waals surface area contributed by atoms with Crippen molar-refractivity contribution in [2.75, 3.05) is 39.4 Å². The van der Waals surface area contributed by atoms with Crippen LogP contribution >= 0.6 is 11.3 Å². The average molecular weight is 425 g/mol. The molecule has 0 bridgehead atoms. The molecule has 6 heteroatoms. The molecule has 1 atom stereocenters. The van der Waals surface area contributed by atoms with Gasteiger partial charge in [0.15, 0.2) is 0 Å². The standard InChI is InChI=1S/C24H28N2O3S/c27-22(25-10-12-29-13-11-25)15-19-16-24(21-4-2-1-3-20(19)21)6-8-26(9-7-24)23(28)18-5-14-30-17-18/h1-5,14,17,19H,6-13,15-16H2. The van der Waals surface area contributed by atoms with Gasteiger partial charge >= 0.3 is 0 Å². The van der Waals surface area contributed by atoms with E-state index in [2.05, 4.69) is 24.3 Å². The van der Waals surface area contributed by atoms with Gasteiger partial charge < -0.3 is 14.5 Å². The monoisotopic (exact) mass is 424 g/mol. The van der Waals surface area contributed by atoms with Crippen molar-refractivity contribution in [2.24, 2.45) is 0 Å². The summed E-state index contributed by atoms with van der Waals surface area (Å²) in [7, 11) is 0. The Morgan fingerprint density at radius 2 is 1.80 bits per heavy atom. The van der Waals surface area contributed by atoms with Crippen LogP contribution in [-0.2, 0) is 14.9 Å². The van der Waals surface area contributed by atoms with E-state index in [0.29, 0.717) is 32.7 Å². The maximum Gasteiger partial charge on any atom is 0.254 e. The average Bonchev–Trinajstić information content (AvgIpc) is 3.43. The summed E-state index contributed by atoms with van der Waals surface area (Å²) >= 11 is 1.57. The predicted octanol–water partition coefficient (Wildman–Crippen LogP) is 3.66. The van der Waals surface area contributed by atoms with Gasteiger partial charge in [0.1, 0.15) is 0 Å². The number of thiophene rings is 1. The SMILES string of the molecule is O=C(CC1CC2(CCN(C(=O)c3ccsc3)CC2)c2ccccc21)N1CCOCC1. The summed E-state index contributed by atoms with van der Waals surface area (Å²) in [5.74, 6) is 0.673. The van der Waals surface area contributed by atoms with Crippen LogP contribution in [0.2, 0.25) is 0 Å². The Balaban J connectivity index is 1.31. The summed E-state index contributed by atoms with van der Waals surface area (Å²) in [5.41, 5.74) is 3.65. The molecule has 1 spiro atoms. The second kappa shape index (κ2) is 8.16. The van der Waals surface area contributed by atoms with Crippen LogP contribution in [0.5, 0.6) is 0 Å². The Bertz CT molecular complexity index is 912. The van der Waals surface area contributed by atoms with Crippen molar-refractivity contribution in [1.29, 1.82) is 0 Å². The molecule has 3 heterocycles. The molecule has 1 aromatic carbocycles. The summed E-state index contributed by atoms with van der Waals surface area (Å²) in [6, 6.07) is 10.6. The molecule has 2 amide bonds. The Kier molecular flexibility index (Phi) is 5.37. The van der Waals surface area contributed by atoms with Crippen LogP contribution < -0.4 is 0 Å². The quantitative estimate of drug-likeness (QED) is 0.756. The molecule has 0 radical (unpaired) electrons. The van der Waals surface area contributed by atoms with Gasteiger partial charge in [0.2, 0.25) is 5.91 Å². The maximum atomic E-state index is 12.9. The van der Waals surface area contributed by atoms with Crippen molar-refractivity contribution in [3.05, 3.63) is 57.8 Å². The molecular formula is C24H28N2O3S. The van der Waals surface area contributed by atoms with Crippen molar-refractivity contribution >= 4 is 23.2 Å². The van der Waals surface area contributed by atoms with Gasteiger partial charge in [-0.1, -0.05) is 24.3 Å². The third-order valence-corrected chi connectivity index (χ3v) is 7.85. The fourth-order valence-corrected chi connectivity index (χ4v) is 6.17. The lowest BCUT2D eigenvalue weighted by atomic mass is 9.73. The lowest BCUT2D eigenvalue weighted by molar-refractivity contribution is -0.135. The fourth-order valence-electron chi connectivity index (χ4n) is 5.54. The molecule has 1 unspecified atom stereocenters. The van der Waals surface area contributed by atoms with Crippen molar-refractivity contribution in [3.8, 4) is 0 Å². The molecule has 2 aliphatic heterocycles. The van der Waals surface area contributed by atoms with Gasteiger partial charge in [0.25, 0.3) is 5.91 Å². The van der Waals surface area contributed by atoms with Crippen molar-refractivity contribution < 1.29 is 14.3 Å². The summed E-state index contributed by atoms with van der Waals surface area (Å²) in [6.07, 6.45) is 3.55. The zero-order valence-electron chi connectivity index (χ0n) is 17.2. The van der Waals surface area contributed by atoms with E-state index in [4.69, 9.17) is 4.74 Å². The number of ether oxygens (including phenoxy) is 1. The molecule has 2 fully saturated rings. The molecular weight excluding hydrogens is 396 g/mol. The van der Waals surface area contributed by atoms with E-state index in [1.807, 2.05) is 26.6 Å². The molecule has 1 aromatic heterocycles. The minimum absolute atomic E-state index is 0.0952. The first kappa shape index (κ1) is 19.8. The largest absolute Gasteiger partial charge is 0.378 e. The first-order chi connectivity index (χ1) is 14.7. The Morgan fingerprint density at radius 3 is 2.53 bits per heavy atom. The molecule has 5 nitrogen and oxygen atoms in total. The summed E-state index contributed by atoms with van der Waals surface area (Å²) in [6.45, 7) is 4.27. The van der Waals surface area contributed by atoms with E-state index in [1.54, 1.807) is 11.3 Å². The van der Waals surface area contributed by atoms with Crippen LogP contribution in [0, 0.1) is 0 Å². The van der Waals surface area contributed by atoms with Gasteiger partial charge in [-0.05, 0) is 53.2 Å². The number of morpholine rings is 1. The Hall–Kier alpha value is -2.18. The minimum atomic E-state index is 0.0952. The molecule has 30 heavy (non-hydrogen) atoms. The van der Waals surface area contributed by atoms with E-state index >= 15 is 0 Å². The van der Waals surface area contributed by atoms with Crippen LogP contribution in [0.3, 0.4) is 0 Å². The zero-order valence-corrected chi connectivity index (χ0v) is 18.0. The van der Waals surface area contributed by atoms with Crippen LogP contribution in [-0.4, -0.2) is 61.0 Å². The number of benzene rings is 1. The third-order valence-electron chi connectivity index (χ3n) is 7.17.